The van der Waals surface area contributed by atoms with Crippen LogP contribution in [-0.2, 0) is 9.47 Å². The second kappa shape index (κ2) is 6.04. The first-order chi connectivity index (χ1) is 9.56. The van der Waals surface area contributed by atoms with Crippen molar-refractivity contribution in [2.75, 3.05) is 13.2 Å². The molecule has 20 heavy (non-hydrogen) atoms. The van der Waals surface area contributed by atoms with E-state index in [1.165, 1.54) is 10.6 Å². The number of pyridine rings is 1. The third-order valence-electron chi connectivity index (χ3n) is 2.50. The number of halogens is 1. The Kier molecular flexibility index (Phi) is 4.39. The summed E-state index contributed by atoms with van der Waals surface area (Å²) in [5, 5.41) is 0. The summed E-state index contributed by atoms with van der Waals surface area (Å²) in [5.41, 5.74) is 0.903. The number of rotatable bonds is 4. The van der Waals surface area contributed by atoms with Gasteiger partial charge in [-0.15, -0.1) is 0 Å². The smallest absolute Gasteiger partial charge is 0.358 e. The van der Waals surface area contributed by atoms with Gasteiger partial charge < -0.3 is 9.47 Å². The van der Waals surface area contributed by atoms with Crippen molar-refractivity contribution in [1.29, 1.82) is 0 Å². The zero-order chi connectivity index (χ0) is 14.7. The summed E-state index contributed by atoms with van der Waals surface area (Å²) in [6.07, 6.45) is 1.46. The lowest BCUT2D eigenvalue weighted by molar-refractivity contribution is 0.0506. The summed E-state index contributed by atoms with van der Waals surface area (Å²) >= 11 is 3.30. The van der Waals surface area contributed by atoms with Crippen LogP contribution in [0.25, 0.3) is 5.65 Å². The average molecular weight is 341 g/mol. The van der Waals surface area contributed by atoms with Crippen molar-refractivity contribution in [2.24, 2.45) is 0 Å². The molecule has 0 atom stereocenters. The quantitative estimate of drug-likeness (QED) is 0.799. The Morgan fingerprint density at radius 3 is 2.50 bits per heavy atom. The normalized spacial score (nSPS) is 10.6. The minimum atomic E-state index is -0.526. The molecule has 0 fully saturated rings. The molecule has 0 aliphatic rings. The molecule has 0 spiro atoms. The molecule has 0 aliphatic carbocycles. The first-order valence-corrected chi connectivity index (χ1v) is 6.89. The Balaban J connectivity index is 2.52. The second-order valence-corrected chi connectivity index (χ2v) is 4.77. The van der Waals surface area contributed by atoms with Crippen molar-refractivity contribution in [2.45, 2.75) is 13.8 Å². The fraction of sp³-hybridized carbons (Fsp3) is 0.308. The Morgan fingerprint density at radius 2 is 1.85 bits per heavy atom. The molecule has 0 saturated heterocycles. The fourth-order valence-electron chi connectivity index (χ4n) is 1.72. The Morgan fingerprint density at radius 1 is 1.20 bits per heavy atom. The van der Waals surface area contributed by atoms with E-state index in [0.29, 0.717) is 15.8 Å². The highest BCUT2D eigenvalue weighted by Gasteiger charge is 2.17. The van der Waals surface area contributed by atoms with Gasteiger partial charge in [0.05, 0.1) is 13.2 Å². The third kappa shape index (κ3) is 2.82. The van der Waals surface area contributed by atoms with Crippen LogP contribution in [0.4, 0.5) is 0 Å². The van der Waals surface area contributed by atoms with Crippen LogP contribution in [-0.4, -0.2) is 34.5 Å². The molecule has 106 valence electrons. The molecule has 2 rings (SSSR count). The van der Waals surface area contributed by atoms with Crippen LogP contribution in [0.1, 0.15) is 34.8 Å². The summed E-state index contributed by atoms with van der Waals surface area (Å²) in [4.78, 5) is 27.7. The van der Waals surface area contributed by atoms with Crippen molar-refractivity contribution in [3.63, 3.8) is 0 Å². The van der Waals surface area contributed by atoms with E-state index >= 15 is 0 Å². The summed E-state index contributed by atoms with van der Waals surface area (Å²) in [5.74, 6) is -1.01. The molecular weight excluding hydrogens is 328 g/mol. The second-order valence-electron chi connectivity index (χ2n) is 3.85. The number of ether oxygens (including phenoxy) is 2. The van der Waals surface area contributed by atoms with E-state index in [4.69, 9.17) is 9.47 Å². The molecule has 2 aromatic rings. The number of hydrogen-bond donors (Lipinski definition) is 0. The number of aromatic nitrogens is 2. The van der Waals surface area contributed by atoms with Crippen molar-refractivity contribution in [3.05, 3.63) is 34.2 Å². The predicted octanol–water partition coefficient (Wildman–Crippen LogP) is 2.45. The number of carbonyl (C=O) groups excluding carboxylic acids is 2. The number of imidazole rings is 1. The van der Waals surface area contributed by atoms with Gasteiger partial charge in [-0.3, -0.25) is 4.40 Å². The van der Waals surface area contributed by atoms with E-state index < -0.39 is 11.9 Å². The molecule has 2 aromatic heterocycles. The summed E-state index contributed by atoms with van der Waals surface area (Å²) in [7, 11) is 0. The van der Waals surface area contributed by atoms with Gasteiger partial charge in [0.1, 0.15) is 11.3 Å². The van der Waals surface area contributed by atoms with Gasteiger partial charge in [-0.25, -0.2) is 14.6 Å². The molecule has 0 unspecified atom stereocenters. The van der Waals surface area contributed by atoms with E-state index in [2.05, 4.69) is 20.9 Å². The van der Waals surface area contributed by atoms with E-state index in [1.54, 1.807) is 26.0 Å². The van der Waals surface area contributed by atoms with Crippen LogP contribution in [0.3, 0.4) is 0 Å². The Labute approximate surface area is 123 Å². The van der Waals surface area contributed by atoms with Crippen molar-refractivity contribution >= 4 is 33.5 Å². The zero-order valence-electron chi connectivity index (χ0n) is 11.1. The summed E-state index contributed by atoms with van der Waals surface area (Å²) in [6.45, 7) is 3.98. The first kappa shape index (κ1) is 14.5. The number of nitrogens with zero attached hydrogens (tertiary/aromatic N) is 2. The highest BCUT2D eigenvalue weighted by molar-refractivity contribution is 9.10. The summed E-state index contributed by atoms with van der Waals surface area (Å²) in [6, 6.07) is 3.31. The summed E-state index contributed by atoms with van der Waals surface area (Å²) < 4.78 is 12.1. The van der Waals surface area contributed by atoms with Crippen LogP contribution in [0.15, 0.2) is 22.8 Å². The molecule has 2 heterocycles. The predicted molar refractivity (Wildman–Crippen MR) is 74.8 cm³/mol. The minimum Gasteiger partial charge on any atom is -0.461 e. The SMILES string of the molecule is CCOC(=O)c1cn2c(C(=O)OCC)cc(Br)cc2n1. The lowest BCUT2D eigenvalue weighted by atomic mass is 10.3. The molecule has 0 radical (unpaired) electrons. The third-order valence-corrected chi connectivity index (χ3v) is 2.96. The number of carbonyl (C=O) groups is 2. The van der Waals surface area contributed by atoms with E-state index in [0.717, 1.165) is 0 Å². The van der Waals surface area contributed by atoms with Crippen molar-refractivity contribution in [1.82, 2.24) is 9.38 Å². The molecule has 0 amide bonds. The number of hydrogen-bond acceptors (Lipinski definition) is 5. The molecule has 0 N–H and O–H groups in total. The molecule has 6 nitrogen and oxygen atoms in total. The highest BCUT2D eigenvalue weighted by Crippen LogP contribution is 2.18. The molecule has 0 bridgehead atoms. The van der Waals surface area contributed by atoms with Gasteiger partial charge in [-0.05, 0) is 26.0 Å². The van der Waals surface area contributed by atoms with Gasteiger partial charge in [0.25, 0.3) is 0 Å². The van der Waals surface area contributed by atoms with Gasteiger partial charge in [0, 0.05) is 10.7 Å². The molecule has 7 heteroatoms. The van der Waals surface area contributed by atoms with Gasteiger partial charge in [-0.1, -0.05) is 15.9 Å². The van der Waals surface area contributed by atoms with Crippen molar-refractivity contribution < 1.29 is 19.1 Å². The van der Waals surface area contributed by atoms with Gasteiger partial charge in [0.15, 0.2) is 5.69 Å². The van der Waals surface area contributed by atoms with Crippen molar-refractivity contribution in [3.8, 4) is 0 Å². The van der Waals surface area contributed by atoms with Crippen LogP contribution in [0.5, 0.6) is 0 Å². The van der Waals surface area contributed by atoms with Crippen LogP contribution in [0.2, 0.25) is 0 Å². The van der Waals surface area contributed by atoms with Crippen LogP contribution < -0.4 is 0 Å². The van der Waals surface area contributed by atoms with E-state index in [9.17, 15) is 9.59 Å². The maximum absolute atomic E-state index is 11.9. The Hall–Kier alpha value is -1.89. The van der Waals surface area contributed by atoms with Crippen LogP contribution in [0, 0.1) is 0 Å². The first-order valence-electron chi connectivity index (χ1n) is 6.09. The molecule has 0 aliphatic heterocycles. The number of fused-ring (bicyclic) bond motifs is 1. The maximum Gasteiger partial charge on any atom is 0.358 e. The largest absolute Gasteiger partial charge is 0.461 e. The lowest BCUT2D eigenvalue weighted by Gasteiger charge is -2.05. The van der Waals surface area contributed by atoms with E-state index in [1.807, 2.05) is 0 Å². The topological polar surface area (TPSA) is 69.9 Å². The Bertz CT molecular complexity index is 666. The fourth-order valence-corrected chi connectivity index (χ4v) is 2.14. The zero-order valence-corrected chi connectivity index (χ0v) is 12.6. The average Bonchev–Trinajstić information content (AvgIpc) is 2.82. The maximum atomic E-state index is 11.9. The molecule has 0 saturated carbocycles. The minimum absolute atomic E-state index is 0.149. The molecular formula is C13H13BrN2O4. The van der Waals surface area contributed by atoms with Gasteiger partial charge >= 0.3 is 11.9 Å². The number of esters is 2. The monoisotopic (exact) mass is 340 g/mol. The highest BCUT2D eigenvalue weighted by atomic mass is 79.9. The van der Waals surface area contributed by atoms with Gasteiger partial charge in [-0.2, -0.15) is 0 Å². The van der Waals surface area contributed by atoms with Gasteiger partial charge in [0.2, 0.25) is 0 Å². The molecule has 0 aromatic carbocycles. The van der Waals surface area contributed by atoms with E-state index in [-0.39, 0.29) is 18.9 Å². The van der Waals surface area contributed by atoms with Crippen LogP contribution >= 0.6 is 15.9 Å². The lowest BCUT2D eigenvalue weighted by Crippen LogP contribution is -2.10. The standard InChI is InChI=1S/C13H13BrN2O4/c1-3-19-12(17)9-7-16-10(13(18)20-4-2)5-8(14)6-11(16)15-9/h5-7H,3-4H2,1-2H3.